The first-order valence-corrected chi connectivity index (χ1v) is 9.30. The first kappa shape index (κ1) is 14.5. The Morgan fingerprint density at radius 2 is 2.00 bits per heavy atom. The highest BCUT2D eigenvalue weighted by Crippen LogP contribution is 2.26. The van der Waals surface area contributed by atoms with Gasteiger partial charge < -0.3 is 0 Å². The van der Waals surface area contributed by atoms with E-state index in [4.69, 9.17) is 0 Å². The topological polar surface area (TPSA) is 59.1 Å². The summed E-state index contributed by atoms with van der Waals surface area (Å²) in [7, 11) is -3.34. The molecular weight excluding hydrogens is 348 g/mol. The van der Waals surface area contributed by atoms with Crippen molar-refractivity contribution in [1.29, 1.82) is 0 Å². The molecule has 19 heavy (non-hydrogen) atoms. The van der Waals surface area contributed by atoms with Gasteiger partial charge in [-0.3, -0.25) is 4.72 Å². The van der Waals surface area contributed by atoms with E-state index in [0.717, 1.165) is 17.7 Å². The molecule has 0 saturated carbocycles. The van der Waals surface area contributed by atoms with Gasteiger partial charge in [0.25, 0.3) is 0 Å². The molecule has 1 heterocycles. The molecule has 1 aromatic carbocycles. The zero-order valence-corrected chi connectivity index (χ0v) is 13.5. The number of hydrogen-bond acceptors (Lipinski definition) is 4. The molecule has 0 radical (unpaired) electrons. The quantitative estimate of drug-likeness (QED) is 0.830. The molecule has 0 unspecified atom stereocenters. The Bertz CT molecular complexity index is 651. The number of benzene rings is 1. The summed E-state index contributed by atoms with van der Waals surface area (Å²) in [5, 5.41) is 2.22. The predicted octanol–water partition coefficient (Wildman–Crippen LogP) is 3.47. The Hall–Kier alpha value is -0.920. The first-order valence-electron chi connectivity index (χ1n) is 5.65. The maximum absolute atomic E-state index is 11.4. The number of thiazole rings is 1. The largest absolute Gasteiger partial charge is 0.258 e. The number of aromatic nitrogens is 1. The summed E-state index contributed by atoms with van der Waals surface area (Å²) in [6.45, 7) is 2.10. The van der Waals surface area contributed by atoms with E-state index >= 15 is 0 Å². The van der Waals surface area contributed by atoms with Crippen molar-refractivity contribution in [2.45, 2.75) is 13.3 Å². The van der Waals surface area contributed by atoms with E-state index in [2.05, 4.69) is 44.7 Å². The molecule has 1 N–H and O–H groups in total. The van der Waals surface area contributed by atoms with Crippen molar-refractivity contribution < 1.29 is 8.42 Å². The van der Waals surface area contributed by atoms with Gasteiger partial charge in [-0.2, -0.15) is 0 Å². The molecule has 2 rings (SSSR count). The van der Waals surface area contributed by atoms with E-state index in [1.807, 2.05) is 17.5 Å². The Balaban J connectivity index is 2.20. The minimum absolute atomic E-state index is 0.139. The highest BCUT2D eigenvalue weighted by atomic mass is 79.9. The van der Waals surface area contributed by atoms with Crippen molar-refractivity contribution in [3.63, 3.8) is 0 Å². The molecule has 0 bridgehead atoms. The smallest absolute Gasteiger partial charge is 0.244 e. The van der Waals surface area contributed by atoms with Crippen LogP contribution in [0.1, 0.15) is 12.5 Å². The summed E-state index contributed by atoms with van der Waals surface area (Å²) in [5.41, 5.74) is 3.02. The number of nitrogens with one attached hydrogen (secondary N) is 1. The van der Waals surface area contributed by atoms with Gasteiger partial charge in [-0.05, 0) is 12.0 Å². The number of aryl methyl sites for hydroxylation is 1. The van der Waals surface area contributed by atoms with Gasteiger partial charge >= 0.3 is 0 Å². The molecule has 0 spiro atoms. The van der Waals surface area contributed by atoms with Crippen LogP contribution in [0.2, 0.25) is 0 Å². The fourth-order valence-electron chi connectivity index (χ4n) is 1.52. The zero-order valence-electron chi connectivity index (χ0n) is 10.3. The third-order valence-corrected chi connectivity index (χ3v) is 6.04. The van der Waals surface area contributed by atoms with E-state index in [1.165, 1.54) is 16.9 Å². The molecule has 0 saturated heterocycles. The summed E-state index contributed by atoms with van der Waals surface area (Å²) >= 11 is 4.20. The van der Waals surface area contributed by atoms with Crippen molar-refractivity contribution in [3.8, 4) is 11.3 Å². The number of alkyl halides is 1. The van der Waals surface area contributed by atoms with Gasteiger partial charge in [0.2, 0.25) is 10.0 Å². The van der Waals surface area contributed by atoms with Gasteiger partial charge in [0.1, 0.15) is 4.66 Å². The second-order valence-corrected chi connectivity index (χ2v) is 7.80. The number of nitrogens with zero attached hydrogens (tertiary/aromatic N) is 1. The van der Waals surface area contributed by atoms with Crippen LogP contribution >= 0.6 is 27.3 Å². The predicted molar refractivity (Wildman–Crippen MR) is 83.3 cm³/mol. The molecule has 4 nitrogen and oxygen atoms in total. The lowest BCUT2D eigenvalue weighted by molar-refractivity contribution is 0.606. The number of hydrogen-bond donors (Lipinski definition) is 1. The monoisotopic (exact) mass is 360 g/mol. The molecule has 0 atom stereocenters. The van der Waals surface area contributed by atoms with Crippen molar-refractivity contribution in [2.24, 2.45) is 0 Å². The van der Waals surface area contributed by atoms with E-state index < -0.39 is 10.0 Å². The third-order valence-electron chi connectivity index (χ3n) is 2.55. The Morgan fingerprint density at radius 1 is 1.32 bits per heavy atom. The van der Waals surface area contributed by atoms with Crippen molar-refractivity contribution in [1.82, 2.24) is 4.98 Å². The van der Waals surface area contributed by atoms with Crippen LogP contribution in [0.4, 0.5) is 5.13 Å². The molecule has 1 aromatic heterocycles. The van der Waals surface area contributed by atoms with Crippen LogP contribution in [0.5, 0.6) is 0 Å². The van der Waals surface area contributed by atoms with E-state index in [1.54, 1.807) is 0 Å². The normalized spacial score (nSPS) is 11.5. The van der Waals surface area contributed by atoms with Gasteiger partial charge in [-0.1, -0.05) is 47.1 Å². The summed E-state index contributed by atoms with van der Waals surface area (Å²) in [4.78, 5) is 4.28. The standard InChI is InChI=1S/C12H13BrN2O2S2/c1-2-9-3-5-10(6-4-9)11-7-18-12(14-11)15-19(16,17)8-13/h3-7H,2,8H2,1H3,(H,14,15). The molecule has 0 aliphatic rings. The second kappa shape index (κ2) is 6.02. The fraction of sp³-hybridized carbons (Fsp3) is 0.250. The number of rotatable bonds is 5. The molecule has 102 valence electrons. The molecule has 7 heteroatoms. The highest BCUT2D eigenvalue weighted by Gasteiger charge is 2.11. The van der Waals surface area contributed by atoms with Gasteiger partial charge in [0.05, 0.1) is 5.69 Å². The van der Waals surface area contributed by atoms with E-state index in [-0.39, 0.29) is 4.66 Å². The molecule has 2 aromatic rings. The van der Waals surface area contributed by atoms with Crippen LogP contribution in [0.25, 0.3) is 11.3 Å². The Kier molecular flexibility index (Phi) is 4.59. The van der Waals surface area contributed by atoms with Gasteiger partial charge in [-0.15, -0.1) is 11.3 Å². The molecule has 0 amide bonds. The van der Waals surface area contributed by atoms with E-state index in [9.17, 15) is 8.42 Å². The van der Waals surface area contributed by atoms with Crippen molar-refractivity contribution >= 4 is 42.4 Å². The van der Waals surface area contributed by atoms with Crippen LogP contribution in [-0.4, -0.2) is 18.1 Å². The SMILES string of the molecule is CCc1ccc(-c2csc(NS(=O)(=O)CBr)n2)cc1. The minimum atomic E-state index is -3.34. The Labute approximate surface area is 125 Å². The number of halogens is 1. The molecular formula is C12H13BrN2O2S2. The van der Waals surface area contributed by atoms with Crippen LogP contribution in [0.15, 0.2) is 29.6 Å². The average molecular weight is 361 g/mol. The molecule has 0 aliphatic heterocycles. The lowest BCUT2D eigenvalue weighted by Gasteiger charge is -2.01. The Morgan fingerprint density at radius 3 is 2.58 bits per heavy atom. The summed E-state index contributed by atoms with van der Waals surface area (Å²) in [5.74, 6) is 0. The maximum atomic E-state index is 11.4. The lowest BCUT2D eigenvalue weighted by atomic mass is 10.1. The summed E-state index contributed by atoms with van der Waals surface area (Å²) in [6, 6.07) is 8.10. The van der Waals surface area contributed by atoms with Crippen LogP contribution in [0.3, 0.4) is 0 Å². The highest BCUT2D eigenvalue weighted by molar-refractivity contribution is 9.10. The van der Waals surface area contributed by atoms with Gasteiger partial charge in [-0.25, -0.2) is 13.4 Å². The van der Waals surface area contributed by atoms with Crippen LogP contribution < -0.4 is 4.72 Å². The third kappa shape index (κ3) is 3.77. The fourth-order valence-corrected chi connectivity index (χ4v) is 3.37. The van der Waals surface area contributed by atoms with Crippen molar-refractivity contribution in [3.05, 3.63) is 35.2 Å². The van der Waals surface area contributed by atoms with Crippen LogP contribution in [0, 0.1) is 0 Å². The minimum Gasteiger partial charge on any atom is -0.258 e. The number of anilines is 1. The zero-order chi connectivity index (χ0) is 13.9. The first-order chi connectivity index (χ1) is 9.04. The lowest BCUT2D eigenvalue weighted by Crippen LogP contribution is -2.12. The van der Waals surface area contributed by atoms with Gasteiger partial charge in [0, 0.05) is 10.9 Å². The second-order valence-electron chi connectivity index (χ2n) is 3.91. The van der Waals surface area contributed by atoms with Crippen molar-refractivity contribution in [2.75, 3.05) is 9.38 Å². The summed E-state index contributed by atoms with van der Waals surface area (Å²) < 4.78 is 25.1. The van der Waals surface area contributed by atoms with E-state index in [0.29, 0.717) is 5.13 Å². The van der Waals surface area contributed by atoms with Gasteiger partial charge in [0.15, 0.2) is 5.13 Å². The summed E-state index contributed by atoms with van der Waals surface area (Å²) in [6.07, 6.45) is 0.994. The molecule has 0 fully saturated rings. The maximum Gasteiger partial charge on any atom is 0.244 e. The average Bonchev–Trinajstić information content (AvgIpc) is 2.86. The number of sulfonamides is 1. The molecule has 0 aliphatic carbocycles. The van der Waals surface area contributed by atoms with Crippen LogP contribution in [-0.2, 0) is 16.4 Å².